The maximum Gasteiger partial charge on any atom is 0.116 e. The quantitative estimate of drug-likeness (QED) is 0.686. The summed E-state index contributed by atoms with van der Waals surface area (Å²) < 4.78 is 0. The van der Waals surface area contributed by atoms with Crippen LogP contribution in [0.25, 0.3) is 17.3 Å². The molecule has 0 amide bonds. The molecule has 0 aliphatic rings. The first-order valence-corrected chi connectivity index (χ1v) is 7.71. The zero-order chi connectivity index (χ0) is 16.5. The Bertz CT molecular complexity index is 734. The molecule has 3 rings (SSSR count). The normalized spacial score (nSPS) is 9.48. The number of rotatable bonds is 4. The van der Waals surface area contributed by atoms with E-state index in [4.69, 9.17) is 0 Å². The van der Waals surface area contributed by atoms with Gasteiger partial charge in [0.15, 0.2) is 0 Å². The fourth-order valence-corrected chi connectivity index (χ4v) is 2.10. The third-order valence-corrected chi connectivity index (χ3v) is 3.17. The van der Waals surface area contributed by atoms with E-state index in [1.807, 2.05) is 68.5 Å². The second kappa shape index (κ2) is 8.49. The first-order valence-electron chi connectivity index (χ1n) is 7.71. The molecule has 0 radical (unpaired) electrons. The maximum atomic E-state index is 4.24. The Morgan fingerprint density at radius 1 is 0.957 bits per heavy atom. The van der Waals surface area contributed by atoms with Crippen molar-refractivity contribution in [1.82, 2.24) is 9.97 Å². The molecule has 0 atom stereocenters. The highest BCUT2D eigenvalue weighted by molar-refractivity contribution is 5.67. The Balaban J connectivity index is 0.000000924. The molecule has 0 spiro atoms. The molecular weight excluding hydrogens is 282 g/mol. The van der Waals surface area contributed by atoms with Crippen molar-refractivity contribution in [3.63, 3.8) is 0 Å². The molecule has 116 valence electrons. The highest BCUT2D eigenvalue weighted by atomic mass is 14.9. The van der Waals surface area contributed by atoms with Gasteiger partial charge in [0.1, 0.15) is 6.33 Å². The average Bonchev–Trinajstić information content (AvgIpc) is 2.65. The Morgan fingerprint density at radius 3 is 2.39 bits per heavy atom. The van der Waals surface area contributed by atoms with Gasteiger partial charge in [-0.25, -0.2) is 9.97 Å². The summed E-state index contributed by atoms with van der Waals surface area (Å²) >= 11 is 0. The molecule has 0 fully saturated rings. The minimum absolute atomic E-state index is 0.921. The zero-order valence-electron chi connectivity index (χ0n) is 13.5. The van der Waals surface area contributed by atoms with Crippen molar-refractivity contribution in [2.24, 2.45) is 0 Å². The molecule has 0 bridgehead atoms. The van der Waals surface area contributed by atoms with Gasteiger partial charge in [0, 0.05) is 23.1 Å². The Hall–Kier alpha value is -2.94. The summed E-state index contributed by atoms with van der Waals surface area (Å²) in [7, 11) is 0. The molecule has 0 aliphatic carbocycles. The predicted octanol–water partition coefficient (Wildman–Crippen LogP) is 5.56. The Kier molecular flexibility index (Phi) is 6.07. The van der Waals surface area contributed by atoms with E-state index in [-0.39, 0.29) is 0 Å². The second-order valence-corrected chi connectivity index (χ2v) is 4.63. The lowest BCUT2D eigenvalue weighted by Gasteiger charge is -2.08. The molecule has 0 unspecified atom stereocenters. The lowest BCUT2D eigenvalue weighted by molar-refractivity contribution is 1.17. The van der Waals surface area contributed by atoms with E-state index in [1.165, 1.54) is 0 Å². The first kappa shape index (κ1) is 16.4. The van der Waals surface area contributed by atoms with Crippen molar-refractivity contribution in [2.45, 2.75) is 13.8 Å². The molecule has 1 N–H and O–H groups in total. The van der Waals surface area contributed by atoms with Gasteiger partial charge in [0.25, 0.3) is 0 Å². The van der Waals surface area contributed by atoms with Crippen molar-refractivity contribution in [3.8, 4) is 11.3 Å². The largest absolute Gasteiger partial charge is 0.356 e. The molecule has 1 heterocycles. The number of nitrogens with zero attached hydrogens (tertiary/aromatic N) is 2. The topological polar surface area (TPSA) is 37.8 Å². The monoisotopic (exact) mass is 303 g/mol. The maximum absolute atomic E-state index is 4.24. The van der Waals surface area contributed by atoms with Gasteiger partial charge in [0.2, 0.25) is 0 Å². The molecule has 0 saturated heterocycles. The predicted molar refractivity (Wildman–Crippen MR) is 98.6 cm³/mol. The van der Waals surface area contributed by atoms with E-state index in [0.29, 0.717) is 0 Å². The van der Waals surface area contributed by atoms with Crippen LogP contribution in [0.2, 0.25) is 0 Å². The highest BCUT2D eigenvalue weighted by Gasteiger charge is 1.99. The third kappa shape index (κ3) is 4.51. The lowest BCUT2D eigenvalue weighted by atomic mass is 10.1. The minimum atomic E-state index is 0.921. The van der Waals surface area contributed by atoms with E-state index >= 15 is 0 Å². The number of aromatic nitrogens is 2. The van der Waals surface area contributed by atoms with Gasteiger partial charge in [0.05, 0.1) is 5.69 Å². The molecular formula is C20H21N3. The number of hydrogen-bond acceptors (Lipinski definition) is 3. The first-order chi connectivity index (χ1) is 11.3. The summed E-state index contributed by atoms with van der Waals surface area (Å²) in [5.41, 5.74) is 5.17. The van der Waals surface area contributed by atoms with Gasteiger partial charge in [-0.05, 0) is 35.9 Å². The van der Waals surface area contributed by atoms with Crippen molar-refractivity contribution in [1.29, 1.82) is 0 Å². The molecule has 0 aliphatic heterocycles. The zero-order valence-corrected chi connectivity index (χ0v) is 13.5. The summed E-state index contributed by atoms with van der Waals surface area (Å²) in [4.78, 5) is 8.17. The fraction of sp³-hybridized carbons (Fsp3) is 0.100. The summed E-state index contributed by atoms with van der Waals surface area (Å²) in [6.45, 7) is 7.78. The van der Waals surface area contributed by atoms with Crippen LogP contribution in [0.3, 0.4) is 0 Å². The standard InChI is InChI=1S/C18H15N3.C2H6/c1-2-14-4-3-5-17(12-14)21-16-8-6-15(7-9-16)18-10-11-19-13-20-18;1-2/h2-13,21H,1H2;1-2H3. The second-order valence-electron chi connectivity index (χ2n) is 4.63. The summed E-state index contributed by atoms with van der Waals surface area (Å²) in [6.07, 6.45) is 5.14. The molecule has 3 heteroatoms. The van der Waals surface area contributed by atoms with Gasteiger partial charge in [-0.15, -0.1) is 0 Å². The lowest BCUT2D eigenvalue weighted by Crippen LogP contribution is -1.91. The van der Waals surface area contributed by atoms with Crippen LogP contribution in [-0.4, -0.2) is 9.97 Å². The van der Waals surface area contributed by atoms with E-state index in [1.54, 1.807) is 12.5 Å². The van der Waals surface area contributed by atoms with Crippen molar-refractivity contribution in [2.75, 3.05) is 5.32 Å². The van der Waals surface area contributed by atoms with Crippen LogP contribution in [0.4, 0.5) is 11.4 Å². The van der Waals surface area contributed by atoms with Crippen LogP contribution in [-0.2, 0) is 0 Å². The fourth-order valence-electron chi connectivity index (χ4n) is 2.10. The minimum Gasteiger partial charge on any atom is -0.356 e. The molecule has 0 saturated carbocycles. The Morgan fingerprint density at radius 2 is 1.74 bits per heavy atom. The number of benzene rings is 2. The summed E-state index contributed by atoms with van der Waals surface area (Å²) in [6, 6.07) is 18.2. The van der Waals surface area contributed by atoms with Crippen molar-refractivity contribution < 1.29 is 0 Å². The molecule has 23 heavy (non-hydrogen) atoms. The van der Waals surface area contributed by atoms with Crippen LogP contribution < -0.4 is 5.32 Å². The Labute approximate surface area is 137 Å². The molecule has 1 aromatic heterocycles. The van der Waals surface area contributed by atoms with Crippen LogP contribution in [0.5, 0.6) is 0 Å². The summed E-state index contributed by atoms with van der Waals surface area (Å²) in [5, 5.41) is 3.38. The summed E-state index contributed by atoms with van der Waals surface area (Å²) in [5.74, 6) is 0. The van der Waals surface area contributed by atoms with E-state index < -0.39 is 0 Å². The number of hydrogen-bond donors (Lipinski definition) is 1. The smallest absolute Gasteiger partial charge is 0.116 e. The van der Waals surface area contributed by atoms with Gasteiger partial charge in [-0.1, -0.05) is 50.8 Å². The van der Waals surface area contributed by atoms with Crippen LogP contribution in [0, 0.1) is 0 Å². The van der Waals surface area contributed by atoms with Crippen LogP contribution in [0.15, 0.2) is 73.7 Å². The molecule has 2 aromatic carbocycles. The van der Waals surface area contributed by atoms with Gasteiger partial charge in [-0.2, -0.15) is 0 Å². The van der Waals surface area contributed by atoms with Crippen LogP contribution >= 0.6 is 0 Å². The van der Waals surface area contributed by atoms with Crippen LogP contribution in [0.1, 0.15) is 19.4 Å². The van der Waals surface area contributed by atoms with Gasteiger partial charge < -0.3 is 5.32 Å². The number of anilines is 2. The van der Waals surface area contributed by atoms with E-state index in [9.17, 15) is 0 Å². The van der Waals surface area contributed by atoms with E-state index in [0.717, 1.165) is 28.2 Å². The van der Waals surface area contributed by atoms with Gasteiger partial charge in [-0.3, -0.25) is 0 Å². The molecule has 3 aromatic rings. The van der Waals surface area contributed by atoms with Crippen molar-refractivity contribution in [3.05, 3.63) is 79.3 Å². The SMILES string of the molecule is C=Cc1cccc(Nc2ccc(-c3ccncn3)cc2)c1.CC. The highest BCUT2D eigenvalue weighted by Crippen LogP contribution is 2.22. The number of nitrogens with one attached hydrogen (secondary N) is 1. The van der Waals surface area contributed by atoms with E-state index in [2.05, 4.69) is 27.9 Å². The third-order valence-electron chi connectivity index (χ3n) is 3.17. The van der Waals surface area contributed by atoms with Gasteiger partial charge >= 0.3 is 0 Å². The molecule has 3 nitrogen and oxygen atoms in total. The van der Waals surface area contributed by atoms with Crippen molar-refractivity contribution >= 4 is 17.5 Å². The average molecular weight is 303 g/mol.